The predicted octanol–water partition coefficient (Wildman–Crippen LogP) is 3.40. The summed E-state index contributed by atoms with van der Waals surface area (Å²) < 4.78 is 13.8. The average molecular weight is 332 g/mol. The first-order chi connectivity index (χ1) is 12.2. The van der Waals surface area contributed by atoms with Crippen molar-refractivity contribution in [3.05, 3.63) is 71.8 Å². The van der Waals surface area contributed by atoms with Crippen LogP contribution in [-0.4, -0.2) is 15.0 Å². The first kappa shape index (κ1) is 16.1. The van der Waals surface area contributed by atoms with Crippen molar-refractivity contribution < 1.29 is 4.39 Å². The highest BCUT2D eigenvalue weighted by atomic mass is 19.1. The highest BCUT2D eigenvalue weighted by Gasteiger charge is 2.11. The van der Waals surface area contributed by atoms with E-state index >= 15 is 0 Å². The van der Waals surface area contributed by atoms with Gasteiger partial charge in [0.1, 0.15) is 11.9 Å². The molecular weight excluding hydrogens is 319 g/mol. The summed E-state index contributed by atoms with van der Waals surface area (Å²) in [5.74, 6) is -0.224. The summed E-state index contributed by atoms with van der Waals surface area (Å²) >= 11 is 0. The Morgan fingerprint density at radius 2 is 1.76 bits per heavy atom. The van der Waals surface area contributed by atoms with Gasteiger partial charge < -0.3 is 11.1 Å². The minimum atomic E-state index is -0.445. The zero-order valence-corrected chi connectivity index (χ0v) is 13.0. The van der Waals surface area contributed by atoms with Gasteiger partial charge in [0.25, 0.3) is 0 Å². The van der Waals surface area contributed by atoms with Crippen molar-refractivity contribution >= 4 is 29.2 Å². The van der Waals surface area contributed by atoms with E-state index in [2.05, 4.69) is 20.3 Å². The van der Waals surface area contributed by atoms with Crippen LogP contribution in [0.5, 0.6) is 0 Å². The summed E-state index contributed by atoms with van der Waals surface area (Å²) in [6, 6.07) is 17.3. The Hall–Kier alpha value is -3.79. The molecule has 0 fully saturated rings. The summed E-state index contributed by atoms with van der Waals surface area (Å²) in [4.78, 5) is 12.2. The lowest BCUT2D eigenvalue weighted by Crippen LogP contribution is -2.06. The molecule has 0 radical (unpaired) electrons. The largest absolute Gasteiger partial charge is 0.368 e. The number of hydrogen-bond acceptors (Lipinski definition) is 6. The molecule has 0 saturated carbocycles. The van der Waals surface area contributed by atoms with Crippen LogP contribution in [0.25, 0.3) is 11.6 Å². The van der Waals surface area contributed by atoms with Gasteiger partial charge in [0.15, 0.2) is 5.82 Å². The number of nitrogen functional groups attached to an aromatic ring is 1. The minimum absolute atomic E-state index is 0.0434. The zero-order valence-electron chi connectivity index (χ0n) is 13.0. The minimum Gasteiger partial charge on any atom is -0.368 e. The molecule has 0 saturated heterocycles. The van der Waals surface area contributed by atoms with Gasteiger partial charge in [0.05, 0.1) is 5.57 Å². The third-order valence-electron chi connectivity index (χ3n) is 3.25. The number of rotatable bonds is 4. The molecule has 1 heterocycles. The molecule has 0 aliphatic heterocycles. The van der Waals surface area contributed by atoms with Crippen LogP contribution >= 0.6 is 0 Å². The molecular formula is C18H13FN6. The number of para-hydroxylation sites is 1. The molecule has 2 aromatic carbocycles. The molecule has 0 amide bonds. The van der Waals surface area contributed by atoms with Crippen LogP contribution in [-0.2, 0) is 0 Å². The van der Waals surface area contributed by atoms with Crippen molar-refractivity contribution in [2.24, 2.45) is 0 Å². The molecule has 3 rings (SSSR count). The number of anilines is 3. The van der Waals surface area contributed by atoms with Gasteiger partial charge in [0, 0.05) is 11.3 Å². The highest BCUT2D eigenvalue weighted by Crippen LogP contribution is 2.19. The Morgan fingerprint density at radius 1 is 1.04 bits per heavy atom. The second-order valence-electron chi connectivity index (χ2n) is 5.02. The van der Waals surface area contributed by atoms with Crippen molar-refractivity contribution in [1.82, 2.24) is 15.0 Å². The number of aromatic nitrogens is 3. The van der Waals surface area contributed by atoms with Crippen LogP contribution < -0.4 is 11.1 Å². The Balaban J connectivity index is 1.98. The third-order valence-corrected chi connectivity index (χ3v) is 3.25. The van der Waals surface area contributed by atoms with Gasteiger partial charge in [-0.2, -0.15) is 20.2 Å². The monoisotopic (exact) mass is 332 g/mol. The van der Waals surface area contributed by atoms with E-state index in [-0.39, 0.29) is 28.9 Å². The molecule has 122 valence electrons. The quantitative estimate of drug-likeness (QED) is 0.710. The smallest absolute Gasteiger partial charge is 0.232 e. The van der Waals surface area contributed by atoms with Crippen LogP contribution in [0.2, 0.25) is 0 Å². The first-order valence-corrected chi connectivity index (χ1v) is 7.36. The number of nitrogens with two attached hydrogens (primary N) is 1. The van der Waals surface area contributed by atoms with Crippen LogP contribution in [0.3, 0.4) is 0 Å². The van der Waals surface area contributed by atoms with E-state index < -0.39 is 5.82 Å². The first-order valence-electron chi connectivity index (χ1n) is 7.36. The molecule has 6 nitrogen and oxygen atoms in total. The Kier molecular flexibility index (Phi) is 4.62. The molecule has 0 aliphatic rings. The molecule has 1 aromatic heterocycles. The summed E-state index contributed by atoms with van der Waals surface area (Å²) in [5, 5.41) is 12.4. The lowest BCUT2D eigenvalue weighted by Gasteiger charge is -2.07. The van der Waals surface area contributed by atoms with E-state index in [9.17, 15) is 9.65 Å². The van der Waals surface area contributed by atoms with Crippen molar-refractivity contribution in [2.75, 3.05) is 11.1 Å². The standard InChI is InChI=1S/C18H13FN6/c19-15-9-5-4-6-12(15)10-13(11-20)16-23-17(21)25-18(24-16)22-14-7-2-1-3-8-14/h1-10H,(H3,21,22,23,24,25)/b13-10+. The van der Waals surface area contributed by atoms with Crippen LogP contribution in [0.15, 0.2) is 54.6 Å². The molecule has 3 aromatic rings. The van der Waals surface area contributed by atoms with E-state index in [1.165, 1.54) is 12.1 Å². The SMILES string of the molecule is N#C/C(=C\c1ccccc1F)c1nc(N)nc(Nc2ccccc2)n1. The maximum atomic E-state index is 13.8. The van der Waals surface area contributed by atoms with Gasteiger partial charge in [0.2, 0.25) is 11.9 Å². The Labute approximate surface area is 143 Å². The number of nitrogens with one attached hydrogen (secondary N) is 1. The molecule has 0 spiro atoms. The number of benzene rings is 2. The van der Waals surface area contributed by atoms with Gasteiger partial charge in [-0.05, 0) is 24.3 Å². The lowest BCUT2D eigenvalue weighted by atomic mass is 10.1. The summed E-state index contributed by atoms with van der Waals surface area (Å²) in [5.41, 5.74) is 6.81. The maximum absolute atomic E-state index is 13.8. The van der Waals surface area contributed by atoms with Crippen molar-refractivity contribution in [3.63, 3.8) is 0 Å². The van der Waals surface area contributed by atoms with Gasteiger partial charge in [-0.25, -0.2) is 4.39 Å². The second kappa shape index (κ2) is 7.19. The van der Waals surface area contributed by atoms with E-state index in [1.54, 1.807) is 18.2 Å². The van der Waals surface area contributed by atoms with Crippen LogP contribution in [0.1, 0.15) is 11.4 Å². The van der Waals surface area contributed by atoms with Crippen LogP contribution in [0.4, 0.5) is 22.0 Å². The second-order valence-corrected chi connectivity index (χ2v) is 5.02. The van der Waals surface area contributed by atoms with Crippen molar-refractivity contribution in [3.8, 4) is 6.07 Å². The van der Waals surface area contributed by atoms with Crippen LogP contribution in [0, 0.1) is 17.1 Å². The van der Waals surface area contributed by atoms with Gasteiger partial charge in [-0.3, -0.25) is 0 Å². The number of hydrogen-bond donors (Lipinski definition) is 2. The molecule has 0 bridgehead atoms. The molecule has 0 unspecified atom stereocenters. The van der Waals surface area contributed by atoms with Gasteiger partial charge >= 0.3 is 0 Å². The average Bonchev–Trinajstić information content (AvgIpc) is 2.61. The molecule has 3 N–H and O–H groups in total. The van der Waals surface area contributed by atoms with E-state index in [0.717, 1.165) is 5.69 Å². The Bertz CT molecular complexity index is 963. The molecule has 0 aliphatic carbocycles. The third kappa shape index (κ3) is 3.95. The summed E-state index contributed by atoms with van der Waals surface area (Å²) in [7, 11) is 0. The number of halogens is 1. The van der Waals surface area contributed by atoms with E-state index in [0.29, 0.717) is 0 Å². The topological polar surface area (TPSA) is 101 Å². The zero-order chi connectivity index (χ0) is 17.6. The predicted molar refractivity (Wildman–Crippen MR) is 93.8 cm³/mol. The van der Waals surface area contributed by atoms with Gasteiger partial charge in [-0.15, -0.1) is 0 Å². The molecule has 0 atom stereocenters. The highest BCUT2D eigenvalue weighted by molar-refractivity contribution is 5.87. The fraction of sp³-hybridized carbons (Fsp3) is 0. The number of nitrogens with zero attached hydrogens (tertiary/aromatic N) is 4. The van der Waals surface area contributed by atoms with E-state index in [1.807, 2.05) is 36.4 Å². The maximum Gasteiger partial charge on any atom is 0.232 e. The normalized spacial score (nSPS) is 11.0. The number of allylic oxidation sites excluding steroid dienone is 1. The fourth-order valence-electron chi connectivity index (χ4n) is 2.11. The van der Waals surface area contributed by atoms with Crippen molar-refractivity contribution in [1.29, 1.82) is 5.26 Å². The summed E-state index contributed by atoms with van der Waals surface area (Å²) in [6.07, 6.45) is 1.37. The van der Waals surface area contributed by atoms with Gasteiger partial charge in [-0.1, -0.05) is 36.4 Å². The molecule has 7 heteroatoms. The molecule has 25 heavy (non-hydrogen) atoms. The fourth-order valence-corrected chi connectivity index (χ4v) is 2.11. The lowest BCUT2D eigenvalue weighted by molar-refractivity contribution is 0.625. The van der Waals surface area contributed by atoms with E-state index in [4.69, 9.17) is 5.73 Å². The van der Waals surface area contributed by atoms with Crippen molar-refractivity contribution in [2.45, 2.75) is 0 Å². The number of nitriles is 1. The Morgan fingerprint density at radius 3 is 2.48 bits per heavy atom. The summed E-state index contributed by atoms with van der Waals surface area (Å²) in [6.45, 7) is 0.